The van der Waals surface area contributed by atoms with E-state index in [4.69, 9.17) is 9.52 Å². The van der Waals surface area contributed by atoms with Crippen LogP contribution in [0.1, 0.15) is 29.8 Å². The summed E-state index contributed by atoms with van der Waals surface area (Å²) >= 11 is 1.51. The predicted octanol–water partition coefficient (Wildman–Crippen LogP) is 3.54. The Hall–Kier alpha value is -2.67. The second-order valence-electron chi connectivity index (χ2n) is 6.17. The Morgan fingerprint density at radius 2 is 2.04 bits per heavy atom. The molecule has 128 valence electrons. The van der Waals surface area contributed by atoms with Crippen LogP contribution in [0.3, 0.4) is 0 Å². The molecule has 0 radical (unpaired) electrons. The molecule has 0 saturated heterocycles. The Labute approximate surface area is 147 Å². The third-order valence-corrected chi connectivity index (χ3v) is 5.50. The van der Waals surface area contributed by atoms with Crippen molar-refractivity contribution >= 4 is 33.4 Å². The summed E-state index contributed by atoms with van der Waals surface area (Å²) < 4.78 is 6.73. The standard InChI is InChI=1S/C18H16N2O4S/c21-16(19-11-6-5-10(9-11)18(22)23)13-7-8-14(24-13)17-20-12-3-1-2-4-15(12)25-17/h1-4,7-8,10-11H,5-6,9H2,(H,19,21)(H,22,23)/t10-,11+/m0/s1. The number of thiazole rings is 1. The summed E-state index contributed by atoms with van der Waals surface area (Å²) in [6.45, 7) is 0. The van der Waals surface area contributed by atoms with E-state index in [1.165, 1.54) is 11.3 Å². The van der Waals surface area contributed by atoms with Crippen molar-refractivity contribution in [1.29, 1.82) is 0 Å². The van der Waals surface area contributed by atoms with Crippen LogP contribution in [0, 0.1) is 5.92 Å². The summed E-state index contributed by atoms with van der Waals surface area (Å²) in [6, 6.07) is 11.1. The molecular formula is C18H16N2O4S. The van der Waals surface area contributed by atoms with Gasteiger partial charge in [-0.25, -0.2) is 4.98 Å². The highest BCUT2D eigenvalue weighted by Crippen LogP contribution is 2.31. The van der Waals surface area contributed by atoms with Crippen molar-refractivity contribution in [3.8, 4) is 10.8 Å². The molecule has 1 aliphatic carbocycles. The number of rotatable bonds is 4. The fraction of sp³-hybridized carbons (Fsp3) is 0.278. The molecule has 1 saturated carbocycles. The molecule has 1 fully saturated rings. The molecule has 2 heterocycles. The maximum Gasteiger partial charge on any atom is 0.306 e. The zero-order valence-corrected chi connectivity index (χ0v) is 14.1. The number of hydrogen-bond donors (Lipinski definition) is 2. The number of fused-ring (bicyclic) bond motifs is 1. The van der Waals surface area contributed by atoms with Gasteiger partial charge in [0.2, 0.25) is 0 Å². The first kappa shape index (κ1) is 15.8. The van der Waals surface area contributed by atoms with Gasteiger partial charge in [0.15, 0.2) is 16.5 Å². The lowest BCUT2D eigenvalue weighted by Gasteiger charge is -2.10. The van der Waals surface area contributed by atoms with Crippen LogP contribution in [0.2, 0.25) is 0 Å². The summed E-state index contributed by atoms with van der Waals surface area (Å²) in [5.74, 6) is -0.717. The Morgan fingerprint density at radius 1 is 1.20 bits per heavy atom. The molecule has 0 spiro atoms. The van der Waals surface area contributed by atoms with Gasteiger partial charge >= 0.3 is 5.97 Å². The summed E-state index contributed by atoms with van der Waals surface area (Å²) in [5, 5.41) is 12.6. The van der Waals surface area contributed by atoms with Crippen LogP contribution < -0.4 is 5.32 Å². The third kappa shape index (κ3) is 3.15. The molecule has 1 aromatic carbocycles. The molecule has 3 aromatic rings. The smallest absolute Gasteiger partial charge is 0.306 e. The molecular weight excluding hydrogens is 340 g/mol. The van der Waals surface area contributed by atoms with Gasteiger partial charge in [0.25, 0.3) is 5.91 Å². The highest BCUT2D eigenvalue weighted by atomic mass is 32.1. The lowest BCUT2D eigenvalue weighted by atomic mass is 10.1. The monoisotopic (exact) mass is 356 g/mol. The average Bonchev–Trinajstić information content (AvgIpc) is 3.32. The number of nitrogens with zero attached hydrogens (tertiary/aromatic N) is 1. The van der Waals surface area contributed by atoms with E-state index < -0.39 is 5.97 Å². The minimum absolute atomic E-state index is 0.121. The van der Waals surface area contributed by atoms with Crippen LogP contribution in [-0.4, -0.2) is 28.0 Å². The second-order valence-corrected chi connectivity index (χ2v) is 7.20. The Bertz CT molecular complexity index is 912. The number of carboxylic acid groups (broad SMARTS) is 1. The predicted molar refractivity (Wildman–Crippen MR) is 93.6 cm³/mol. The van der Waals surface area contributed by atoms with Gasteiger partial charge in [0.05, 0.1) is 16.1 Å². The molecule has 4 rings (SSSR count). The molecule has 2 atom stereocenters. The largest absolute Gasteiger partial charge is 0.481 e. The SMILES string of the molecule is O=C(N[C@@H]1CC[C@H](C(=O)O)C1)c1ccc(-c2nc3ccccc3s2)o1. The first-order valence-corrected chi connectivity index (χ1v) is 8.91. The molecule has 0 unspecified atom stereocenters. The molecule has 1 aliphatic rings. The molecule has 7 heteroatoms. The number of nitrogens with one attached hydrogen (secondary N) is 1. The van der Waals surface area contributed by atoms with E-state index >= 15 is 0 Å². The number of amides is 1. The Balaban J connectivity index is 1.47. The van der Waals surface area contributed by atoms with Crippen molar-refractivity contribution in [2.45, 2.75) is 25.3 Å². The topological polar surface area (TPSA) is 92.4 Å². The fourth-order valence-corrected chi connectivity index (χ4v) is 4.07. The van der Waals surface area contributed by atoms with Gasteiger partial charge in [0.1, 0.15) is 0 Å². The number of furan rings is 1. The minimum Gasteiger partial charge on any atom is -0.481 e. The zero-order valence-electron chi connectivity index (χ0n) is 13.3. The highest BCUT2D eigenvalue weighted by Gasteiger charge is 2.31. The second kappa shape index (κ2) is 6.33. The van der Waals surface area contributed by atoms with E-state index in [1.807, 2.05) is 24.3 Å². The van der Waals surface area contributed by atoms with Crippen molar-refractivity contribution in [3.05, 3.63) is 42.2 Å². The molecule has 6 nitrogen and oxygen atoms in total. The van der Waals surface area contributed by atoms with Crippen LogP contribution in [0.4, 0.5) is 0 Å². The molecule has 2 N–H and O–H groups in total. The minimum atomic E-state index is -0.798. The van der Waals surface area contributed by atoms with Gasteiger partial charge in [-0.15, -0.1) is 11.3 Å². The van der Waals surface area contributed by atoms with E-state index in [-0.39, 0.29) is 23.6 Å². The molecule has 0 aliphatic heterocycles. The summed E-state index contributed by atoms with van der Waals surface area (Å²) in [4.78, 5) is 27.8. The average molecular weight is 356 g/mol. The number of carbonyl (C=O) groups is 2. The summed E-state index contributed by atoms with van der Waals surface area (Å²) in [6.07, 6.45) is 1.73. The van der Waals surface area contributed by atoms with E-state index in [2.05, 4.69) is 10.3 Å². The van der Waals surface area contributed by atoms with Crippen molar-refractivity contribution in [1.82, 2.24) is 10.3 Å². The van der Waals surface area contributed by atoms with E-state index in [1.54, 1.807) is 12.1 Å². The number of carbonyl (C=O) groups excluding carboxylic acids is 1. The number of para-hydroxylation sites is 1. The number of carboxylic acids is 1. The molecule has 2 aromatic heterocycles. The van der Waals surface area contributed by atoms with Gasteiger partial charge in [-0.1, -0.05) is 12.1 Å². The van der Waals surface area contributed by atoms with E-state index in [9.17, 15) is 9.59 Å². The van der Waals surface area contributed by atoms with Crippen molar-refractivity contribution < 1.29 is 19.1 Å². The lowest BCUT2D eigenvalue weighted by molar-refractivity contribution is -0.141. The first-order chi connectivity index (χ1) is 12.1. The van der Waals surface area contributed by atoms with Gasteiger partial charge in [0, 0.05) is 6.04 Å². The van der Waals surface area contributed by atoms with E-state index in [0.29, 0.717) is 25.0 Å². The summed E-state index contributed by atoms with van der Waals surface area (Å²) in [7, 11) is 0. The Morgan fingerprint density at radius 3 is 2.80 bits per heavy atom. The van der Waals surface area contributed by atoms with Crippen molar-refractivity contribution in [2.24, 2.45) is 5.92 Å². The van der Waals surface area contributed by atoms with Gasteiger partial charge in [-0.2, -0.15) is 0 Å². The normalized spacial score (nSPS) is 20.0. The number of benzene rings is 1. The van der Waals surface area contributed by atoms with Crippen LogP contribution in [-0.2, 0) is 4.79 Å². The van der Waals surface area contributed by atoms with Crippen molar-refractivity contribution in [2.75, 3.05) is 0 Å². The zero-order chi connectivity index (χ0) is 17.4. The van der Waals surface area contributed by atoms with Crippen LogP contribution in [0.5, 0.6) is 0 Å². The number of hydrogen-bond acceptors (Lipinski definition) is 5. The number of aromatic nitrogens is 1. The maximum atomic E-state index is 12.3. The third-order valence-electron chi connectivity index (χ3n) is 4.45. The van der Waals surface area contributed by atoms with E-state index in [0.717, 1.165) is 15.2 Å². The molecule has 25 heavy (non-hydrogen) atoms. The maximum absolute atomic E-state index is 12.3. The summed E-state index contributed by atoms with van der Waals surface area (Å²) in [5.41, 5.74) is 0.899. The number of aliphatic carboxylic acids is 1. The van der Waals surface area contributed by atoms with Gasteiger partial charge in [-0.3, -0.25) is 9.59 Å². The van der Waals surface area contributed by atoms with Crippen LogP contribution >= 0.6 is 11.3 Å². The van der Waals surface area contributed by atoms with Crippen molar-refractivity contribution in [3.63, 3.8) is 0 Å². The van der Waals surface area contributed by atoms with Crippen LogP contribution in [0.15, 0.2) is 40.8 Å². The first-order valence-electron chi connectivity index (χ1n) is 8.09. The molecule has 1 amide bonds. The highest BCUT2D eigenvalue weighted by molar-refractivity contribution is 7.21. The fourth-order valence-electron chi connectivity index (χ4n) is 3.15. The lowest BCUT2D eigenvalue weighted by Crippen LogP contribution is -2.33. The van der Waals surface area contributed by atoms with Crippen LogP contribution in [0.25, 0.3) is 21.0 Å². The molecule has 0 bridgehead atoms. The quantitative estimate of drug-likeness (QED) is 0.746. The Kier molecular flexibility index (Phi) is 4.01. The van der Waals surface area contributed by atoms with Gasteiger partial charge < -0.3 is 14.8 Å². The van der Waals surface area contributed by atoms with Gasteiger partial charge in [-0.05, 0) is 43.5 Å².